The molecule has 0 amide bonds. The van der Waals surface area contributed by atoms with Gasteiger partial charge in [-0.2, -0.15) is 4.31 Å². The monoisotopic (exact) mass is 386 g/mol. The normalized spacial score (nSPS) is 16.6. The van der Waals surface area contributed by atoms with E-state index in [1.807, 2.05) is 18.2 Å². The van der Waals surface area contributed by atoms with Crippen LogP contribution in [0.3, 0.4) is 0 Å². The minimum absolute atomic E-state index is 0.228. The average molecular weight is 386 g/mol. The first-order valence-corrected chi connectivity index (χ1v) is 10.2. The van der Waals surface area contributed by atoms with E-state index < -0.39 is 16.0 Å². The van der Waals surface area contributed by atoms with Crippen molar-refractivity contribution in [2.24, 2.45) is 0 Å². The van der Waals surface area contributed by atoms with E-state index in [0.29, 0.717) is 31.7 Å². The smallest absolute Gasteiger partial charge is 0.328 e. The van der Waals surface area contributed by atoms with Gasteiger partial charge < -0.3 is 5.11 Å². The first-order valence-electron chi connectivity index (χ1n) is 8.73. The number of benzene rings is 2. The molecule has 1 N–H and O–H groups in total. The minimum atomic E-state index is -3.54. The highest BCUT2D eigenvalue weighted by Crippen LogP contribution is 2.19. The molecule has 0 atom stereocenters. The fourth-order valence-corrected chi connectivity index (χ4v) is 4.46. The second-order valence-electron chi connectivity index (χ2n) is 6.41. The average Bonchev–Trinajstić information content (AvgIpc) is 2.68. The van der Waals surface area contributed by atoms with E-state index in [1.54, 1.807) is 12.1 Å². The summed E-state index contributed by atoms with van der Waals surface area (Å²) in [6.45, 7) is 3.10. The summed E-state index contributed by atoms with van der Waals surface area (Å²) in [6.07, 6.45) is 2.45. The van der Waals surface area contributed by atoms with Crippen LogP contribution in [-0.4, -0.2) is 54.9 Å². The first kappa shape index (κ1) is 19.3. The Morgan fingerprint density at radius 2 is 1.59 bits per heavy atom. The summed E-state index contributed by atoms with van der Waals surface area (Å²) in [5.41, 5.74) is 1.86. The Bertz CT molecular complexity index is 901. The lowest BCUT2D eigenvalue weighted by Gasteiger charge is -2.34. The summed E-state index contributed by atoms with van der Waals surface area (Å²) < 4.78 is 27.2. The van der Waals surface area contributed by atoms with Gasteiger partial charge in [0.2, 0.25) is 10.0 Å². The van der Waals surface area contributed by atoms with Gasteiger partial charge in [-0.05, 0) is 29.3 Å². The standard InChI is InChI=1S/C20H22N2O4S/c23-20(24)11-8-17-6-9-19(10-7-17)27(25,26)22-14-12-21(13-15-22)16-18-4-2-1-3-5-18/h1-11H,12-16H2,(H,23,24)/b11-8-. The number of carbonyl (C=O) groups is 1. The zero-order valence-electron chi connectivity index (χ0n) is 14.9. The topological polar surface area (TPSA) is 77.9 Å². The minimum Gasteiger partial charge on any atom is -0.478 e. The number of hydrogen-bond donors (Lipinski definition) is 1. The molecule has 1 fully saturated rings. The fraction of sp³-hybridized carbons (Fsp3) is 0.250. The maximum absolute atomic E-state index is 12.8. The van der Waals surface area contributed by atoms with E-state index >= 15 is 0 Å². The lowest BCUT2D eigenvalue weighted by Crippen LogP contribution is -2.48. The number of aliphatic carboxylic acids is 1. The van der Waals surface area contributed by atoms with E-state index in [9.17, 15) is 13.2 Å². The highest BCUT2D eigenvalue weighted by atomic mass is 32.2. The number of carboxylic acids is 1. The van der Waals surface area contributed by atoms with E-state index in [1.165, 1.54) is 28.1 Å². The van der Waals surface area contributed by atoms with Crippen molar-refractivity contribution in [1.29, 1.82) is 0 Å². The maximum atomic E-state index is 12.8. The van der Waals surface area contributed by atoms with Gasteiger partial charge >= 0.3 is 5.97 Å². The lowest BCUT2D eigenvalue weighted by atomic mass is 10.2. The second kappa shape index (κ2) is 8.47. The third-order valence-corrected chi connectivity index (χ3v) is 6.43. The Kier molecular flexibility index (Phi) is 6.05. The molecule has 27 heavy (non-hydrogen) atoms. The summed E-state index contributed by atoms with van der Waals surface area (Å²) in [4.78, 5) is 13.0. The molecular weight excluding hydrogens is 364 g/mol. The Morgan fingerprint density at radius 3 is 2.19 bits per heavy atom. The van der Waals surface area contributed by atoms with Gasteiger partial charge in [0.25, 0.3) is 0 Å². The summed E-state index contributed by atoms with van der Waals surface area (Å²) in [7, 11) is -3.54. The Hall–Kier alpha value is -2.48. The molecule has 142 valence electrons. The van der Waals surface area contributed by atoms with Crippen molar-refractivity contribution < 1.29 is 18.3 Å². The molecule has 1 aliphatic heterocycles. The Morgan fingerprint density at radius 1 is 0.963 bits per heavy atom. The largest absolute Gasteiger partial charge is 0.478 e. The van der Waals surface area contributed by atoms with Crippen molar-refractivity contribution in [1.82, 2.24) is 9.21 Å². The number of piperazine rings is 1. The van der Waals surface area contributed by atoms with Crippen molar-refractivity contribution in [2.45, 2.75) is 11.4 Å². The van der Waals surface area contributed by atoms with Crippen LogP contribution >= 0.6 is 0 Å². The molecule has 0 aliphatic carbocycles. The number of nitrogens with zero attached hydrogens (tertiary/aromatic N) is 2. The zero-order chi connectivity index (χ0) is 19.3. The molecule has 1 saturated heterocycles. The molecule has 2 aromatic rings. The van der Waals surface area contributed by atoms with Crippen molar-refractivity contribution >= 4 is 22.1 Å². The van der Waals surface area contributed by atoms with E-state index in [0.717, 1.165) is 12.6 Å². The van der Waals surface area contributed by atoms with Crippen LogP contribution < -0.4 is 0 Å². The van der Waals surface area contributed by atoms with Gasteiger partial charge in [-0.15, -0.1) is 0 Å². The van der Waals surface area contributed by atoms with Crippen LogP contribution in [0.4, 0.5) is 0 Å². The molecule has 1 heterocycles. The van der Waals surface area contributed by atoms with E-state index in [-0.39, 0.29) is 4.90 Å². The van der Waals surface area contributed by atoms with Crippen molar-refractivity contribution in [2.75, 3.05) is 26.2 Å². The molecule has 1 aliphatic rings. The number of hydrogen-bond acceptors (Lipinski definition) is 4. The molecule has 0 aromatic heterocycles. The van der Waals surface area contributed by atoms with E-state index in [2.05, 4.69) is 17.0 Å². The quantitative estimate of drug-likeness (QED) is 0.771. The molecule has 6 nitrogen and oxygen atoms in total. The van der Waals surface area contributed by atoms with Gasteiger partial charge in [0.05, 0.1) is 4.90 Å². The highest BCUT2D eigenvalue weighted by Gasteiger charge is 2.28. The molecule has 2 aromatic carbocycles. The predicted molar refractivity (Wildman–Crippen MR) is 104 cm³/mol. The molecule has 0 saturated carbocycles. The molecule has 7 heteroatoms. The summed E-state index contributed by atoms with van der Waals surface area (Å²) >= 11 is 0. The fourth-order valence-electron chi connectivity index (χ4n) is 3.04. The molecule has 0 unspecified atom stereocenters. The van der Waals surface area contributed by atoms with Crippen LogP contribution in [-0.2, 0) is 21.4 Å². The summed E-state index contributed by atoms with van der Waals surface area (Å²) in [6, 6.07) is 16.4. The number of rotatable bonds is 6. The van der Waals surface area contributed by atoms with Crippen molar-refractivity contribution in [3.63, 3.8) is 0 Å². The van der Waals surface area contributed by atoms with Crippen LogP contribution in [0.25, 0.3) is 6.08 Å². The molecule has 3 rings (SSSR count). The number of carboxylic acid groups (broad SMARTS) is 1. The Labute approximate surface area is 159 Å². The molecule has 0 radical (unpaired) electrons. The van der Waals surface area contributed by atoms with E-state index in [4.69, 9.17) is 5.11 Å². The third-order valence-electron chi connectivity index (χ3n) is 4.52. The van der Waals surface area contributed by atoms with Gasteiger partial charge in [-0.3, -0.25) is 4.90 Å². The van der Waals surface area contributed by atoms with Crippen LogP contribution in [0.2, 0.25) is 0 Å². The predicted octanol–water partition coefficient (Wildman–Crippen LogP) is 2.29. The van der Waals surface area contributed by atoms with Gasteiger partial charge in [-0.1, -0.05) is 42.5 Å². The van der Waals surface area contributed by atoms with Crippen LogP contribution in [0, 0.1) is 0 Å². The van der Waals surface area contributed by atoms with Crippen LogP contribution in [0.15, 0.2) is 65.6 Å². The van der Waals surface area contributed by atoms with Crippen molar-refractivity contribution in [3.05, 3.63) is 71.8 Å². The highest BCUT2D eigenvalue weighted by molar-refractivity contribution is 7.89. The first-order chi connectivity index (χ1) is 12.9. The molecule has 0 spiro atoms. The van der Waals surface area contributed by atoms with Gasteiger partial charge in [0.1, 0.15) is 0 Å². The zero-order valence-corrected chi connectivity index (χ0v) is 15.7. The van der Waals surface area contributed by atoms with Gasteiger partial charge in [0, 0.05) is 38.8 Å². The molecular formula is C20H22N2O4S. The van der Waals surface area contributed by atoms with Crippen LogP contribution in [0.1, 0.15) is 11.1 Å². The molecule has 0 bridgehead atoms. The summed E-state index contributed by atoms with van der Waals surface area (Å²) in [5.74, 6) is -1.04. The maximum Gasteiger partial charge on any atom is 0.328 e. The number of sulfonamides is 1. The van der Waals surface area contributed by atoms with Gasteiger partial charge in [-0.25, -0.2) is 13.2 Å². The Balaban J connectivity index is 1.62. The lowest BCUT2D eigenvalue weighted by molar-refractivity contribution is -0.131. The van der Waals surface area contributed by atoms with Crippen molar-refractivity contribution in [3.8, 4) is 0 Å². The van der Waals surface area contributed by atoms with Gasteiger partial charge in [0.15, 0.2) is 0 Å². The third kappa shape index (κ3) is 5.03. The second-order valence-corrected chi connectivity index (χ2v) is 8.34. The summed E-state index contributed by atoms with van der Waals surface area (Å²) in [5, 5.41) is 8.65. The SMILES string of the molecule is O=C(O)/C=C\c1ccc(S(=O)(=O)N2CCN(Cc3ccccc3)CC2)cc1. The van der Waals surface area contributed by atoms with Crippen LogP contribution in [0.5, 0.6) is 0 Å².